The van der Waals surface area contributed by atoms with Crippen molar-refractivity contribution in [3.8, 4) is 0 Å². The minimum Gasteiger partial charge on any atom is -0.443 e. The van der Waals surface area contributed by atoms with E-state index < -0.39 is 11.7 Å². The van der Waals surface area contributed by atoms with Gasteiger partial charge in [0.2, 0.25) is 0 Å². The maximum atomic E-state index is 11.8. The van der Waals surface area contributed by atoms with Gasteiger partial charge in [0, 0.05) is 20.3 Å². The molecule has 0 aliphatic rings. The number of anilines is 1. The molecule has 94 valence electrons. The summed E-state index contributed by atoms with van der Waals surface area (Å²) in [5, 5.41) is 0. The summed E-state index contributed by atoms with van der Waals surface area (Å²) < 4.78 is 6.60. The third-order valence-electron chi connectivity index (χ3n) is 2.13. The van der Waals surface area contributed by atoms with Crippen LogP contribution >= 0.6 is 0 Å². The fraction of sp³-hybridized carbons (Fsp3) is 0.500. The molecule has 1 amide bonds. The summed E-state index contributed by atoms with van der Waals surface area (Å²) in [6.45, 7) is 5.34. The maximum Gasteiger partial charge on any atom is 0.414 e. The Labute approximate surface area is 101 Å². The molecule has 0 saturated heterocycles. The zero-order valence-corrected chi connectivity index (χ0v) is 10.9. The van der Waals surface area contributed by atoms with Gasteiger partial charge in [-0.3, -0.25) is 9.69 Å². The summed E-state index contributed by atoms with van der Waals surface area (Å²) in [5.74, 6) is 0. The molecule has 1 heterocycles. The van der Waals surface area contributed by atoms with E-state index in [0.717, 1.165) is 0 Å². The van der Waals surface area contributed by atoms with E-state index in [2.05, 4.69) is 0 Å². The first-order chi connectivity index (χ1) is 7.72. The van der Waals surface area contributed by atoms with E-state index in [1.165, 1.54) is 16.5 Å². The SMILES string of the molecule is CN(C(=O)OC(C)(C)C)c1cccn(C)c1=O. The van der Waals surface area contributed by atoms with Crippen molar-refractivity contribution >= 4 is 11.8 Å². The van der Waals surface area contributed by atoms with E-state index in [4.69, 9.17) is 4.74 Å². The van der Waals surface area contributed by atoms with Crippen LogP contribution in [0.2, 0.25) is 0 Å². The Bertz CT molecular complexity index is 471. The van der Waals surface area contributed by atoms with Crippen molar-refractivity contribution in [1.29, 1.82) is 0 Å². The van der Waals surface area contributed by atoms with Gasteiger partial charge in [0.05, 0.1) is 0 Å². The molecule has 0 unspecified atom stereocenters. The van der Waals surface area contributed by atoms with Crippen LogP contribution in [0.3, 0.4) is 0 Å². The average Bonchev–Trinajstić information content (AvgIpc) is 2.18. The van der Waals surface area contributed by atoms with Gasteiger partial charge < -0.3 is 9.30 Å². The van der Waals surface area contributed by atoms with Crippen LogP contribution in [0, 0.1) is 0 Å². The van der Waals surface area contributed by atoms with Gasteiger partial charge in [-0.15, -0.1) is 0 Å². The number of carbonyl (C=O) groups excluding carboxylic acids is 1. The van der Waals surface area contributed by atoms with Crippen molar-refractivity contribution < 1.29 is 9.53 Å². The molecule has 1 aromatic heterocycles. The lowest BCUT2D eigenvalue weighted by molar-refractivity contribution is 0.0589. The quantitative estimate of drug-likeness (QED) is 0.749. The third kappa shape index (κ3) is 3.34. The lowest BCUT2D eigenvalue weighted by atomic mass is 10.2. The monoisotopic (exact) mass is 238 g/mol. The molecule has 0 radical (unpaired) electrons. The minimum absolute atomic E-state index is 0.235. The van der Waals surface area contributed by atoms with E-state index in [1.54, 1.807) is 46.1 Å². The normalized spacial score (nSPS) is 11.1. The maximum absolute atomic E-state index is 11.8. The molecule has 0 N–H and O–H groups in total. The first-order valence-electron chi connectivity index (χ1n) is 5.35. The van der Waals surface area contributed by atoms with Crippen molar-refractivity contribution in [2.24, 2.45) is 7.05 Å². The Morgan fingerprint density at radius 3 is 2.53 bits per heavy atom. The molecule has 0 aliphatic carbocycles. The zero-order chi connectivity index (χ0) is 13.2. The second kappa shape index (κ2) is 4.61. The van der Waals surface area contributed by atoms with Crippen LogP contribution in [0.25, 0.3) is 0 Å². The molecule has 0 spiro atoms. The Morgan fingerprint density at radius 1 is 1.41 bits per heavy atom. The second-order valence-corrected chi connectivity index (χ2v) is 4.85. The van der Waals surface area contributed by atoms with Crippen LogP contribution < -0.4 is 10.5 Å². The van der Waals surface area contributed by atoms with Crippen molar-refractivity contribution in [3.05, 3.63) is 28.7 Å². The van der Waals surface area contributed by atoms with Gasteiger partial charge in [0.15, 0.2) is 0 Å². The molecule has 0 aliphatic heterocycles. The first-order valence-corrected chi connectivity index (χ1v) is 5.35. The molecule has 17 heavy (non-hydrogen) atoms. The van der Waals surface area contributed by atoms with Crippen LogP contribution in [0.15, 0.2) is 23.1 Å². The molecular weight excluding hydrogens is 220 g/mol. The number of carbonyl (C=O) groups is 1. The highest BCUT2D eigenvalue weighted by atomic mass is 16.6. The lowest BCUT2D eigenvalue weighted by Gasteiger charge is -2.24. The standard InChI is InChI=1S/C12H18N2O3/c1-12(2,3)17-11(16)14(5)9-7-6-8-13(4)10(9)15/h6-8H,1-5H3. The molecule has 1 rings (SSSR count). The van der Waals surface area contributed by atoms with Crippen LogP contribution in [0.4, 0.5) is 10.5 Å². The van der Waals surface area contributed by atoms with E-state index in [1.807, 2.05) is 0 Å². The highest BCUT2D eigenvalue weighted by Crippen LogP contribution is 2.12. The number of pyridine rings is 1. The average molecular weight is 238 g/mol. The zero-order valence-electron chi connectivity index (χ0n) is 10.9. The molecule has 0 fully saturated rings. The number of rotatable bonds is 1. The van der Waals surface area contributed by atoms with Crippen molar-refractivity contribution in [3.63, 3.8) is 0 Å². The van der Waals surface area contributed by atoms with Crippen LogP contribution in [-0.4, -0.2) is 23.3 Å². The number of amides is 1. The molecule has 0 aromatic carbocycles. The van der Waals surface area contributed by atoms with E-state index in [9.17, 15) is 9.59 Å². The number of nitrogens with zero attached hydrogens (tertiary/aromatic N) is 2. The van der Waals surface area contributed by atoms with Crippen LogP contribution in [-0.2, 0) is 11.8 Å². The van der Waals surface area contributed by atoms with Crippen LogP contribution in [0.5, 0.6) is 0 Å². The van der Waals surface area contributed by atoms with Gasteiger partial charge in [0.25, 0.3) is 5.56 Å². The van der Waals surface area contributed by atoms with Crippen LogP contribution in [0.1, 0.15) is 20.8 Å². The molecule has 5 nitrogen and oxygen atoms in total. The number of hydrogen-bond donors (Lipinski definition) is 0. The summed E-state index contributed by atoms with van der Waals surface area (Å²) in [7, 11) is 3.15. The minimum atomic E-state index is -0.578. The van der Waals surface area contributed by atoms with Gasteiger partial charge in [-0.25, -0.2) is 4.79 Å². The molecule has 0 bridgehead atoms. The van der Waals surface area contributed by atoms with Gasteiger partial charge in [-0.05, 0) is 32.9 Å². The Hall–Kier alpha value is -1.78. The van der Waals surface area contributed by atoms with Gasteiger partial charge in [0.1, 0.15) is 11.3 Å². The van der Waals surface area contributed by atoms with Crippen molar-refractivity contribution in [1.82, 2.24) is 4.57 Å². The van der Waals surface area contributed by atoms with Gasteiger partial charge in [-0.2, -0.15) is 0 Å². The number of aryl methyl sites for hydroxylation is 1. The highest BCUT2D eigenvalue weighted by Gasteiger charge is 2.22. The Morgan fingerprint density at radius 2 is 2.00 bits per heavy atom. The van der Waals surface area contributed by atoms with Gasteiger partial charge >= 0.3 is 6.09 Å². The van der Waals surface area contributed by atoms with Gasteiger partial charge in [-0.1, -0.05) is 0 Å². The summed E-state index contributed by atoms with van der Waals surface area (Å²) in [5.41, 5.74) is -0.518. The van der Waals surface area contributed by atoms with Crippen molar-refractivity contribution in [2.45, 2.75) is 26.4 Å². The fourth-order valence-electron chi connectivity index (χ4n) is 1.27. The topological polar surface area (TPSA) is 51.5 Å². The molecule has 1 aromatic rings. The van der Waals surface area contributed by atoms with E-state index in [-0.39, 0.29) is 5.56 Å². The van der Waals surface area contributed by atoms with E-state index >= 15 is 0 Å². The lowest BCUT2D eigenvalue weighted by Crippen LogP contribution is -2.37. The number of aromatic nitrogens is 1. The number of ether oxygens (including phenoxy) is 1. The molecular formula is C12H18N2O3. The first kappa shape index (κ1) is 13.3. The largest absolute Gasteiger partial charge is 0.443 e. The third-order valence-corrected chi connectivity index (χ3v) is 2.13. The smallest absolute Gasteiger partial charge is 0.414 e. The highest BCUT2D eigenvalue weighted by molar-refractivity contribution is 5.86. The summed E-state index contributed by atoms with van der Waals surface area (Å²) in [6, 6.07) is 3.30. The number of hydrogen-bond acceptors (Lipinski definition) is 3. The Kier molecular flexibility index (Phi) is 3.60. The summed E-state index contributed by atoms with van der Waals surface area (Å²) >= 11 is 0. The predicted molar refractivity (Wildman–Crippen MR) is 66.3 cm³/mol. The second-order valence-electron chi connectivity index (χ2n) is 4.85. The molecule has 0 saturated carbocycles. The summed E-state index contributed by atoms with van der Waals surface area (Å²) in [4.78, 5) is 24.8. The fourth-order valence-corrected chi connectivity index (χ4v) is 1.27. The molecule has 0 atom stereocenters. The Balaban J connectivity index is 2.97. The molecule has 5 heteroatoms. The summed E-state index contributed by atoms with van der Waals surface area (Å²) in [6.07, 6.45) is 1.09. The predicted octanol–water partition coefficient (Wildman–Crippen LogP) is 1.76. The van der Waals surface area contributed by atoms with E-state index in [0.29, 0.717) is 5.69 Å². The van der Waals surface area contributed by atoms with Crippen molar-refractivity contribution in [2.75, 3.05) is 11.9 Å².